The van der Waals surface area contributed by atoms with Crippen LogP contribution in [0.15, 0.2) is 158 Å². The first-order valence-corrected chi connectivity index (χ1v) is 23.7. The Morgan fingerprint density at radius 1 is 0.303 bits per heavy atom. The molecule has 66 heavy (non-hydrogen) atoms. The minimum atomic E-state index is -0.0364. The second-order valence-electron chi connectivity index (χ2n) is 22.1. The number of fused-ring (bicyclic) bond motifs is 9. The molecule has 2 aliphatic carbocycles. The van der Waals surface area contributed by atoms with Crippen molar-refractivity contribution < 1.29 is 4.74 Å². The van der Waals surface area contributed by atoms with Gasteiger partial charge in [-0.15, -0.1) is 0 Å². The maximum atomic E-state index is 6.61. The molecule has 0 aromatic heterocycles. The number of ether oxygens (including phenoxy) is 1. The smallest absolute Gasteiger partial charge is 0.127 e. The summed E-state index contributed by atoms with van der Waals surface area (Å²) in [7, 11) is 1.86. The van der Waals surface area contributed by atoms with E-state index in [-0.39, 0.29) is 16.2 Å². The zero-order chi connectivity index (χ0) is 45.6. The van der Waals surface area contributed by atoms with E-state index in [9.17, 15) is 0 Å². The molecule has 0 bridgehead atoms. The first-order chi connectivity index (χ1) is 31.6. The van der Waals surface area contributed by atoms with Crippen LogP contribution in [-0.4, -0.2) is 7.11 Å². The molecule has 0 spiro atoms. The molecule has 12 rings (SSSR count). The summed E-state index contributed by atoms with van der Waals surface area (Å²) in [5.41, 5.74) is 21.6. The molecule has 0 unspecified atom stereocenters. The minimum Gasteiger partial charge on any atom is -0.496 e. The van der Waals surface area contributed by atoms with Crippen LogP contribution in [0.2, 0.25) is 0 Å². The molecular formula is C65H56O. The second-order valence-corrected chi connectivity index (χ2v) is 22.1. The highest BCUT2D eigenvalue weighted by Gasteiger charge is 2.37. The molecule has 2 aliphatic rings. The summed E-state index contributed by atoms with van der Waals surface area (Å²) in [6.45, 7) is 21.0. The zero-order valence-corrected chi connectivity index (χ0v) is 39.9. The molecule has 1 heteroatoms. The van der Waals surface area contributed by atoms with E-state index < -0.39 is 0 Å². The van der Waals surface area contributed by atoms with Gasteiger partial charge in [-0.3, -0.25) is 0 Å². The second kappa shape index (κ2) is 14.0. The summed E-state index contributed by atoms with van der Waals surface area (Å²) in [4.78, 5) is 0. The van der Waals surface area contributed by atoms with Gasteiger partial charge in [-0.1, -0.05) is 184 Å². The maximum Gasteiger partial charge on any atom is 0.127 e. The third-order valence-electron chi connectivity index (χ3n) is 14.8. The van der Waals surface area contributed by atoms with Crippen molar-refractivity contribution in [3.8, 4) is 83.6 Å². The molecule has 0 amide bonds. The fourth-order valence-corrected chi connectivity index (χ4v) is 11.3. The first kappa shape index (κ1) is 40.5. The van der Waals surface area contributed by atoms with Crippen molar-refractivity contribution in [1.82, 2.24) is 0 Å². The Morgan fingerprint density at radius 3 is 1.55 bits per heavy atom. The van der Waals surface area contributed by atoms with Gasteiger partial charge in [-0.25, -0.2) is 0 Å². The van der Waals surface area contributed by atoms with Crippen molar-refractivity contribution in [2.24, 2.45) is 0 Å². The average Bonchev–Trinajstić information content (AvgIpc) is 3.79. The molecule has 322 valence electrons. The number of hydrogen-bond donors (Lipinski definition) is 0. The Morgan fingerprint density at radius 2 is 0.879 bits per heavy atom. The summed E-state index contributed by atoms with van der Waals surface area (Å²) >= 11 is 0. The highest BCUT2D eigenvalue weighted by Crippen LogP contribution is 2.64. The molecule has 10 aromatic rings. The third-order valence-corrected chi connectivity index (χ3v) is 14.8. The molecule has 0 aliphatic heterocycles. The van der Waals surface area contributed by atoms with Crippen LogP contribution in [0.3, 0.4) is 0 Å². The van der Waals surface area contributed by atoms with Gasteiger partial charge in [0.05, 0.1) is 7.11 Å². The molecule has 0 radical (unpaired) electrons. The number of methoxy groups -OCH3 is 1. The van der Waals surface area contributed by atoms with E-state index in [2.05, 4.69) is 220 Å². The van der Waals surface area contributed by atoms with Crippen LogP contribution in [0.1, 0.15) is 79.0 Å². The normalized spacial score (nSPS) is 13.0. The van der Waals surface area contributed by atoms with E-state index in [4.69, 9.17) is 4.74 Å². The third kappa shape index (κ3) is 5.98. The van der Waals surface area contributed by atoms with E-state index >= 15 is 0 Å². The van der Waals surface area contributed by atoms with E-state index in [1.54, 1.807) is 0 Å². The number of benzene rings is 10. The van der Waals surface area contributed by atoms with Crippen LogP contribution in [0.25, 0.3) is 121 Å². The predicted molar refractivity (Wildman–Crippen MR) is 284 cm³/mol. The monoisotopic (exact) mass is 852 g/mol. The fourth-order valence-electron chi connectivity index (χ4n) is 11.3. The van der Waals surface area contributed by atoms with E-state index in [1.165, 1.54) is 138 Å². The molecule has 0 heterocycles. The number of hydrogen-bond acceptors (Lipinski definition) is 1. The topological polar surface area (TPSA) is 9.23 Å². The SMILES string of the molecule is COc1cc2c3c(c(-c4cccc(C(C)(C)C)c4)cc4c3c1-c1cc3ccccc3c(-c3cc(C(C)(C)C)cc(C(C)(C)C)c3)c1-4)-c1cc3cc4ccccc4c(-c4ccccc4)c3cc1-2. The lowest BCUT2D eigenvalue weighted by Gasteiger charge is -2.27. The van der Waals surface area contributed by atoms with Crippen molar-refractivity contribution in [2.75, 3.05) is 7.11 Å². The molecule has 0 atom stereocenters. The zero-order valence-electron chi connectivity index (χ0n) is 39.9. The average molecular weight is 853 g/mol. The van der Waals surface area contributed by atoms with Crippen molar-refractivity contribution >= 4 is 43.1 Å². The lowest BCUT2D eigenvalue weighted by molar-refractivity contribution is 0.417. The highest BCUT2D eigenvalue weighted by atomic mass is 16.5. The van der Waals surface area contributed by atoms with Crippen LogP contribution < -0.4 is 4.74 Å². The molecule has 1 nitrogen and oxygen atoms in total. The van der Waals surface area contributed by atoms with Crippen molar-refractivity contribution in [2.45, 2.75) is 78.6 Å². The van der Waals surface area contributed by atoms with Crippen molar-refractivity contribution in [3.05, 3.63) is 174 Å². The van der Waals surface area contributed by atoms with Gasteiger partial charge in [0.25, 0.3) is 0 Å². The van der Waals surface area contributed by atoms with Crippen LogP contribution in [-0.2, 0) is 16.2 Å². The Hall–Kier alpha value is -6.96. The van der Waals surface area contributed by atoms with Gasteiger partial charge in [-0.05, 0) is 179 Å². The van der Waals surface area contributed by atoms with Crippen LogP contribution in [0, 0.1) is 0 Å². The molecule has 0 saturated carbocycles. The molecule has 0 saturated heterocycles. The van der Waals surface area contributed by atoms with Gasteiger partial charge in [0.1, 0.15) is 5.75 Å². The first-order valence-electron chi connectivity index (χ1n) is 23.7. The predicted octanol–water partition coefficient (Wildman–Crippen LogP) is 18.5. The molecule has 0 N–H and O–H groups in total. The van der Waals surface area contributed by atoms with E-state index in [0.717, 1.165) is 5.75 Å². The Kier molecular flexibility index (Phi) is 8.61. The quantitative estimate of drug-likeness (QED) is 0.160. The Labute approximate surface area is 389 Å². The van der Waals surface area contributed by atoms with Gasteiger partial charge in [-0.2, -0.15) is 0 Å². The standard InChI is InChI=1S/C65H56O/c1-63(2,3)43-24-18-23-39(28-43)48-35-54-59-53(31-40-22-15-17-26-47(40)57(59)42-29-44(64(4,5)6)33-45(30-42)65(7,8)9)60-55(66-10)36-52-50-34-49-41(32-51(50)58(48)61(52)62(54)60)27-38-21-14-16-25-46(38)56(49)37-19-12-11-13-20-37/h11-36H,1-10H3. The fraction of sp³-hybridized carbons (Fsp3) is 0.200. The molecule has 10 aromatic carbocycles. The largest absolute Gasteiger partial charge is 0.496 e. The molecule has 0 fully saturated rings. The summed E-state index contributed by atoms with van der Waals surface area (Å²) in [5.74, 6) is 0.917. The number of rotatable bonds is 4. The maximum absolute atomic E-state index is 6.61. The summed E-state index contributed by atoms with van der Waals surface area (Å²) in [6.07, 6.45) is 0. The van der Waals surface area contributed by atoms with Gasteiger partial charge >= 0.3 is 0 Å². The van der Waals surface area contributed by atoms with Crippen LogP contribution in [0.5, 0.6) is 5.75 Å². The summed E-state index contributed by atoms with van der Waals surface area (Å²) in [5, 5.41) is 10.1. The molecular weight excluding hydrogens is 797 g/mol. The van der Waals surface area contributed by atoms with Gasteiger partial charge in [0.2, 0.25) is 0 Å². The minimum absolute atomic E-state index is 0.0137. The Bertz CT molecular complexity index is 3680. The van der Waals surface area contributed by atoms with Crippen molar-refractivity contribution in [1.29, 1.82) is 0 Å². The van der Waals surface area contributed by atoms with Gasteiger partial charge in [0.15, 0.2) is 0 Å². The van der Waals surface area contributed by atoms with Crippen LogP contribution in [0.4, 0.5) is 0 Å². The lowest BCUT2D eigenvalue weighted by Crippen LogP contribution is -2.16. The highest BCUT2D eigenvalue weighted by molar-refractivity contribution is 6.33. The van der Waals surface area contributed by atoms with Crippen molar-refractivity contribution in [3.63, 3.8) is 0 Å². The lowest BCUT2D eigenvalue weighted by atomic mass is 9.77. The van der Waals surface area contributed by atoms with E-state index in [0.29, 0.717) is 0 Å². The van der Waals surface area contributed by atoms with E-state index in [1.807, 2.05) is 7.11 Å². The summed E-state index contributed by atoms with van der Waals surface area (Å²) in [6, 6.07) is 60.4. The summed E-state index contributed by atoms with van der Waals surface area (Å²) < 4.78 is 6.61. The Balaban J connectivity index is 1.26. The van der Waals surface area contributed by atoms with Gasteiger partial charge in [0, 0.05) is 10.9 Å². The van der Waals surface area contributed by atoms with Crippen LogP contribution >= 0.6 is 0 Å². The van der Waals surface area contributed by atoms with Gasteiger partial charge < -0.3 is 4.74 Å².